The van der Waals surface area contributed by atoms with Gasteiger partial charge in [0, 0.05) is 12.7 Å². The van der Waals surface area contributed by atoms with Gasteiger partial charge in [0.2, 0.25) is 5.91 Å². The third kappa shape index (κ3) is 2.95. The monoisotopic (exact) mass is 345 g/mol. The van der Waals surface area contributed by atoms with Gasteiger partial charge in [-0.2, -0.15) is 0 Å². The van der Waals surface area contributed by atoms with Crippen molar-refractivity contribution in [3.8, 4) is 5.75 Å². The van der Waals surface area contributed by atoms with Crippen molar-refractivity contribution in [2.45, 2.75) is 63.5 Å². The number of Topliss-reactive ketones (excluding diaryl/α,β-unsaturated/α-hetero) is 1. The molecule has 0 aromatic heterocycles. The number of carbonyl (C=O) groups is 2. The fourth-order valence-electron chi connectivity index (χ4n) is 4.34. The largest absolute Gasteiger partial charge is 0.496 e. The number of hydrogen-bond donors (Lipinski definition) is 1. The lowest BCUT2D eigenvalue weighted by Crippen LogP contribution is -2.50. The van der Waals surface area contributed by atoms with Crippen molar-refractivity contribution in [3.05, 3.63) is 28.8 Å². The highest BCUT2D eigenvalue weighted by molar-refractivity contribution is 6.17. The van der Waals surface area contributed by atoms with E-state index in [1.807, 2.05) is 26.0 Å². The molecule has 5 heteroatoms. The molecule has 5 nitrogen and oxygen atoms in total. The van der Waals surface area contributed by atoms with E-state index in [1.54, 1.807) is 14.2 Å². The van der Waals surface area contributed by atoms with Crippen molar-refractivity contribution in [1.82, 2.24) is 5.32 Å². The molecule has 1 amide bonds. The van der Waals surface area contributed by atoms with Crippen LogP contribution >= 0.6 is 0 Å². The van der Waals surface area contributed by atoms with Crippen LogP contribution in [-0.4, -0.2) is 37.6 Å². The summed E-state index contributed by atoms with van der Waals surface area (Å²) < 4.78 is 10.9. The summed E-state index contributed by atoms with van der Waals surface area (Å²) in [6.45, 7) is 4.03. The lowest BCUT2D eigenvalue weighted by atomic mass is 9.75. The summed E-state index contributed by atoms with van der Waals surface area (Å²) >= 11 is 0. The molecule has 1 unspecified atom stereocenters. The van der Waals surface area contributed by atoms with E-state index < -0.39 is 11.5 Å². The summed E-state index contributed by atoms with van der Waals surface area (Å²) in [5.74, 6) is -0.348. The average Bonchev–Trinajstić information content (AvgIpc) is 2.85. The van der Waals surface area contributed by atoms with Crippen LogP contribution in [0.15, 0.2) is 12.1 Å². The maximum Gasteiger partial charge on any atom is 0.236 e. The summed E-state index contributed by atoms with van der Waals surface area (Å²) in [4.78, 5) is 26.1. The molecule has 1 saturated carbocycles. The first-order chi connectivity index (χ1) is 12.0. The minimum atomic E-state index is -0.774. The minimum absolute atomic E-state index is 0.0103. The summed E-state index contributed by atoms with van der Waals surface area (Å²) in [7, 11) is 3.29. The van der Waals surface area contributed by atoms with Gasteiger partial charge in [-0.1, -0.05) is 13.0 Å². The number of amides is 1. The Morgan fingerprint density at radius 2 is 1.88 bits per heavy atom. The van der Waals surface area contributed by atoms with Gasteiger partial charge < -0.3 is 14.8 Å². The predicted octanol–water partition coefficient (Wildman–Crippen LogP) is 2.68. The second-order valence-electron chi connectivity index (χ2n) is 7.20. The zero-order valence-corrected chi connectivity index (χ0v) is 15.5. The molecule has 1 spiro atoms. The Kier molecular flexibility index (Phi) is 4.87. The number of hydrogen-bond acceptors (Lipinski definition) is 4. The molecule has 0 bridgehead atoms. The molecule has 1 atom stereocenters. The molecule has 1 N–H and O–H groups in total. The van der Waals surface area contributed by atoms with Gasteiger partial charge in [-0.05, 0) is 56.2 Å². The van der Waals surface area contributed by atoms with Gasteiger partial charge >= 0.3 is 0 Å². The molecule has 2 aliphatic rings. The molecule has 1 aliphatic carbocycles. The summed E-state index contributed by atoms with van der Waals surface area (Å²) in [6, 6.07) is 3.95. The summed E-state index contributed by atoms with van der Waals surface area (Å²) in [5.41, 5.74) is 2.08. The Morgan fingerprint density at radius 3 is 2.44 bits per heavy atom. The van der Waals surface area contributed by atoms with E-state index in [1.165, 1.54) is 0 Å². The van der Waals surface area contributed by atoms with Gasteiger partial charge in [-0.3, -0.25) is 9.59 Å². The number of ketones is 1. The molecular formula is C20H27NO4. The molecule has 1 aliphatic heterocycles. The number of methoxy groups -OCH3 is 2. The number of nitrogens with one attached hydrogen (secondary N) is 1. The highest BCUT2D eigenvalue weighted by Gasteiger charge is 2.55. The van der Waals surface area contributed by atoms with Crippen LogP contribution in [0.3, 0.4) is 0 Å². The van der Waals surface area contributed by atoms with E-state index in [-0.39, 0.29) is 17.8 Å². The quantitative estimate of drug-likeness (QED) is 0.852. The van der Waals surface area contributed by atoms with Gasteiger partial charge in [0.25, 0.3) is 0 Å². The van der Waals surface area contributed by atoms with Crippen molar-refractivity contribution >= 4 is 11.7 Å². The third-order valence-electron chi connectivity index (χ3n) is 5.74. The molecule has 1 aromatic rings. The fourth-order valence-corrected chi connectivity index (χ4v) is 4.34. The van der Waals surface area contributed by atoms with Crippen molar-refractivity contribution in [1.29, 1.82) is 0 Å². The Balaban J connectivity index is 1.99. The normalized spacial score (nSPS) is 29.1. The van der Waals surface area contributed by atoms with E-state index in [4.69, 9.17) is 9.47 Å². The lowest BCUT2D eigenvalue weighted by molar-refractivity contribution is -0.126. The van der Waals surface area contributed by atoms with Gasteiger partial charge in [0.1, 0.15) is 11.7 Å². The predicted molar refractivity (Wildman–Crippen MR) is 95.0 cm³/mol. The second-order valence-corrected chi connectivity index (χ2v) is 7.20. The molecule has 136 valence electrons. The number of benzene rings is 1. The standard InChI is InChI=1S/C20H27NO4/c1-5-13-10-12(2)11-15(25-4)16(13)17-18(22)20(21-19(17)23)8-6-14(24-3)7-9-20/h10-11,14,17H,5-9H2,1-4H3,(H,21,23). The fraction of sp³-hybridized carbons (Fsp3) is 0.600. The van der Waals surface area contributed by atoms with Crippen LogP contribution in [0.5, 0.6) is 5.75 Å². The zero-order chi connectivity index (χ0) is 18.2. The van der Waals surface area contributed by atoms with Crippen LogP contribution in [0.2, 0.25) is 0 Å². The summed E-state index contributed by atoms with van der Waals surface area (Å²) in [5, 5.41) is 3.03. The second kappa shape index (κ2) is 6.79. The minimum Gasteiger partial charge on any atom is -0.496 e. The highest BCUT2D eigenvalue weighted by Crippen LogP contribution is 2.43. The van der Waals surface area contributed by atoms with Crippen LogP contribution in [0.25, 0.3) is 0 Å². The molecular weight excluding hydrogens is 318 g/mol. The number of aryl methyl sites for hydroxylation is 2. The van der Waals surface area contributed by atoms with Gasteiger partial charge in [0.05, 0.1) is 18.8 Å². The Labute approximate surface area is 149 Å². The molecule has 1 heterocycles. The van der Waals surface area contributed by atoms with Gasteiger partial charge in [-0.25, -0.2) is 0 Å². The van der Waals surface area contributed by atoms with Crippen molar-refractivity contribution in [2.24, 2.45) is 0 Å². The molecule has 1 aromatic carbocycles. The third-order valence-corrected chi connectivity index (χ3v) is 5.74. The van der Waals surface area contributed by atoms with Crippen molar-refractivity contribution < 1.29 is 19.1 Å². The maximum atomic E-state index is 13.3. The Hall–Kier alpha value is -1.88. The van der Waals surface area contributed by atoms with Gasteiger partial charge in [0.15, 0.2) is 5.78 Å². The van der Waals surface area contributed by atoms with Crippen LogP contribution in [0.1, 0.15) is 55.2 Å². The topological polar surface area (TPSA) is 64.6 Å². The molecule has 3 rings (SSSR count). The molecule has 1 saturated heterocycles. The molecule has 2 fully saturated rings. The first kappa shape index (κ1) is 17.9. The van der Waals surface area contributed by atoms with Crippen molar-refractivity contribution in [3.63, 3.8) is 0 Å². The Bertz CT molecular complexity index is 664. The Morgan fingerprint density at radius 1 is 1.20 bits per heavy atom. The van der Waals surface area contributed by atoms with Crippen LogP contribution in [0.4, 0.5) is 0 Å². The van der Waals surface area contributed by atoms with Gasteiger partial charge in [-0.15, -0.1) is 0 Å². The average molecular weight is 345 g/mol. The van der Waals surface area contributed by atoms with E-state index >= 15 is 0 Å². The SMILES string of the molecule is CCc1cc(C)cc(OC)c1C1C(=O)NC2(CCC(OC)CC2)C1=O. The first-order valence-electron chi connectivity index (χ1n) is 9.02. The zero-order valence-electron chi connectivity index (χ0n) is 15.5. The lowest BCUT2D eigenvalue weighted by Gasteiger charge is -2.35. The van der Waals surface area contributed by atoms with Crippen LogP contribution in [-0.2, 0) is 20.7 Å². The maximum absolute atomic E-state index is 13.3. The van der Waals surface area contributed by atoms with Crippen LogP contribution in [0, 0.1) is 6.92 Å². The van der Waals surface area contributed by atoms with E-state index in [2.05, 4.69) is 5.32 Å². The van der Waals surface area contributed by atoms with Crippen LogP contribution < -0.4 is 10.1 Å². The molecule has 25 heavy (non-hydrogen) atoms. The number of rotatable bonds is 4. The molecule has 0 radical (unpaired) electrons. The number of ether oxygens (including phenoxy) is 2. The number of carbonyl (C=O) groups excluding carboxylic acids is 2. The van der Waals surface area contributed by atoms with E-state index in [9.17, 15) is 9.59 Å². The smallest absolute Gasteiger partial charge is 0.236 e. The van der Waals surface area contributed by atoms with Crippen molar-refractivity contribution in [2.75, 3.05) is 14.2 Å². The first-order valence-corrected chi connectivity index (χ1v) is 9.02. The van der Waals surface area contributed by atoms with E-state index in [0.29, 0.717) is 18.6 Å². The highest BCUT2D eigenvalue weighted by atomic mass is 16.5. The summed E-state index contributed by atoms with van der Waals surface area (Å²) in [6.07, 6.45) is 3.80. The van der Waals surface area contributed by atoms with E-state index in [0.717, 1.165) is 36.0 Å².